The minimum Gasteiger partial charge on any atom is -0.457 e. The third kappa shape index (κ3) is 5.07. The first-order valence-corrected chi connectivity index (χ1v) is 9.35. The highest BCUT2D eigenvalue weighted by Gasteiger charge is 2.32. The highest BCUT2D eigenvalue weighted by atomic mass is 16.5. The first-order valence-electron chi connectivity index (χ1n) is 9.35. The Morgan fingerprint density at radius 3 is 2.24 bits per heavy atom. The molecule has 0 N–H and O–H groups in total. The van der Waals surface area contributed by atoms with Crippen LogP contribution in [-0.2, 0) is 14.3 Å². The molecule has 0 spiro atoms. The van der Waals surface area contributed by atoms with Gasteiger partial charge in [0.05, 0.1) is 0 Å². The molecule has 0 bridgehead atoms. The van der Waals surface area contributed by atoms with Crippen LogP contribution in [0.5, 0.6) is 0 Å². The second-order valence-electron chi connectivity index (χ2n) is 6.81. The average molecular weight is 394 g/mol. The summed E-state index contributed by atoms with van der Waals surface area (Å²) in [6.45, 7) is -0.124. The van der Waals surface area contributed by atoms with Crippen LogP contribution in [0.15, 0.2) is 54.6 Å². The minimum atomic E-state index is -0.535. The van der Waals surface area contributed by atoms with Crippen molar-refractivity contribution >= 4 is 23.7 Å². The Bertz CT molecular complexity index is 909. The van der Waals surface area contributed by atoms with Crippen molar-refractivity contribution in [1.29, 1.82) is 0 Å². The molecule has 1 aliphatic rings. The third-order valence-electron chi connectivity index (χ3n) is 4.67. The largest absolute Gasteiger partial charge is 0.457 e. The molecule has 0 radical (unpaired) electrons. The van der Waals surface area contributed by atoms with Gasteiger partial charge in [0.25, 0.3) is 0 Å². The molecule has 1 heterocycles. The van der Waals surface area contributed by atoms with Crippen LogP contribution in [-0.4, -0.2) is 60.2 Å². The van der Waals surface area contributed by atoms with Gasteiger partial charge in [-0.1, -0.05) is 54.6 Å². The van der Waals surface area contributed by atoms with E-state index in [9.17, 15) is 19.2 Å². The number of ether oxygens (including phenoxy) is 1. The Morgan fingerprint density at radius 2 is 1.62 bits per heavy atom. The number of ketones is 1. The summed E-state index contributed by atoms with van der Waals surface area (Å²) in [5, 5.41) is 0. The van der Waals surface area contributed by atoms with E-state index in [1.54, 1.807) is 19.2 Å². The molecule has 2 aromatic rings. The molecule has 1 saturated heterocycles. The molecule has 29 heavy (non-hydrogen) atoms. The maximum atomic E-state index is 12.2. The number of hydrogen-bond donors (Lipinski definition) is 0. The second-order valence-corrected chi connectivity index (χ2v) is 6.81. The lowest BCUT2D eigenvalue weighted by Gasteiger charge is -2.13. The van der Waals surface area contributed by atoms with Crippen LogP contribution in [0.1, 0.15) is 23.2 Å². The molecule has 7 nitrogen and oxygen atoms in total. The van der Waals surface area contributed by atoms with Gasteiger partial charge >= 0.3 is 12.0 Å². The smallest absolute Gasteiger partial charge is 0.326 e. The van der Waals surface area contributed by atoms with Crippen molar-refractivity contribution in [1.82, 2.24) is 9.80 Å². The minimum absolute atomic E-state index is 0.0288. The van der Waals surface area contributed by atoms with Crippen molar-refractivity contribution in [3.63, 3.8) is 0 Å². The van der Waals surface area contributed by atoms with E-state index in [2.05, 4.69) is 0 Å². The van der Waals surface area contributed by atoms with Crippen molar-refractivity contribution in [2.24, 2.45) is 0 Å². The number of amides is 3. The number of rotatable bonds is 8. The van der Waals surface area contributed by atoms with Crippen LogP contribution in [0, 0.1) is 0 Å². The van der Waals surface area contributed by atoms with Crippen molar-refractivity contribution in [3.8, 4) is 11.1 Å². The summed E-state index contributed by atoms with van der Waals surface area (Å²) in [4.78, 5) is 49.9. The first kappa shape index (κ1) is 20.3. The quantitative estimate of drug-likeness (QED) is 0.391. The van der Waals surface area contributed by atoms with Crippen LogP contribution in [0.2, 0.25) is 0 Å². The van der Waals surface area contributed by atoms with Crippen LogP contribution in [0.4, 0.5) is 4.79 Å². The van der Waals surface area contributed by atoms with Crippen LogP contribution >= 0.6 is 0 Å². The fourth-order valence-electron chi connectivity index (χ4n) is 3.05. The summed E-state index contributed by atoms with van der Waals surface area (Å²) in [7, 11) is 1.55. The van der Waals surface area contributed by atoms with Gasteiger partial charge in [0.1, 0.15) is 6.54 Å². The maximum absolute atomic E-state index is 12.2. The van der Waals surface area contributed by atoms with Crippen molar-refractivity contribution < 1.29 is 23.9 Å². The predicted molar refractivity (Wildman–Crippen MR) is 106 cm³/mol. The molecule has 3 rings (SSSR count). The van der Waals surface area contributed by atoms with Crippen molar-refractivity contribution in [3.05, 3.63) is 60.2 Å². The summed E-state index contributed by atoms with van der Waals surface area (Å²) in [5.41, 5.74) is 2.52. The Morgan fingerprint density at radius 1 is 0.966 bits per heavy atom. The number of Topliss-reactive ketones (excluding diaryl/α,β-unsaturated/α-hetero) is 1. The standard InChI is InChI=1S/C22H22N2O5/c1-23-14-20(26)24(22(23)28)13-5-8-21(27)29-15-19(25)18-11-9-17(10-12-18)16-6-3-2-4-7-16/h2-4,6-7,9-12H,5,8,13-15H2,1H3. The van der Waals surface area contributed by atoms with Gasteiger partial charge < -0.3 is 9.64 Å². The van der Waals surface area contributed by atoms with E-state index in [-0.39, 0.29) is 43.8 Å². The SMILES string of the molecule is CN1CC(=O)N(CCCC(=O)OCC(=O)c2ccc(-c3ccccc3)cc2)C1=O. The van der Waals surface area contributed by atoms with E-state index in [1.165, 1.54) is 4.90 Å². The average Bonchev–Trinajstić information content (AvgIpc) is 2.98. The maximum Gasteiger partial charge on any atom is 0.326 e. The van der Waals surface area contributed by atoms with Crippen LogP contribution < -0.4 is 0 Å². The lowest BCUT2D eigenvalue weighted by Crippen LogP contribution is -2.32. The number of benzene rings is 2. The predicted octanol–water partition coefficient (Wildman–Crippen LogP) is 2.75. The number of likely N-dealkylation sites (N-methyl/N-ethyl adjacent to an activating group) is 1. The number of imide groups is 1. The number of carbonyl (C=O) groups is 4. The summed E-state index contributed by atoms with van der Waals surface area (Å²) in [6, 6.07) is 16.6. The molecule has 150 valence electrons. The summed E-state index contributed by atoms with van der Waals surface area (Å²) in [6.07, 6.45) is 0.325. The molecule has 1 fully saturated rings. The molecule has 0 atom stereocenters. The van der Waals surface area contributed by atoms with Crippen molar-refractivity contribution in [2.75, 3.05) is 26.7 Å². The van der Waals surface area contributed by atoms with Gasteiger partial charge in [0.15, 0.2) is 12.4 Å². The molecule has 0 aliphatic carbocycles. The fraction of sp³-hybridized carbons (Fsp3) is 0.273. The van der Waals surface area contributed by atoms with Crippen molar-refractivity contribution in [2.45, 2.75) is 12.8 Å². The summed E-state index contributed by atoms with van der Waals surface area (Å²) in [5.74, 6) is -1.10. The summed E-state index contributed by atoms with van der Waals surface area (Å²) >= 11 is 0. The monoisotopic (exact) mass is 394 g/mol. The van der Waals surface area contributed by atoms with E-state index in [0.717, 1.165) is 16.0 Å². The third-order valence-corrected chi connectivity index (χ3v) is 4.67. The molecule has 7 heteroatoms. The molecule has 2 aromatic carbocycles. The number of hydrogen-bond acceptors (Lipinski definition) is 5. The highest BCUT2D eigenvalue weighted by molar-refractivity contribution is 6.01. The van der Waals surface area contributed by atoms with E-state index >= 15 is 0 Å². The van der Waals surface area contributed by atoms with E-state index < -0.39 is 5.97 Å². The summed E-state index contributed by atoms with van der Waals surface area (Å²) < 4.78 is 5.03. The van der Waals surface area contributed by atoms with Gasteiger partial charge in [-0.25, -0.2) is 4.79 Å². The van der Waals surface area contributed by atoms with E-state index in [1.807, 2.05) is 42.5 Å². The molecule has 3 amide bonds. The molecular formula is C22H22N2O5. The molecule has 0 unspecified atom stereocenters. The zero-order valence-corrected chi connectivity index (χ0v) is 16.2. The lowest BCUT2D eigenvalue weighted by atomic mass is 10.0. The molecule has 0 saturated carbocycles. The number of urea groups is 1. The van der Waals surface area contributed by atoms with E-state index in [0.29, 0.717) is 12.0 Å². The Labute approximate surface area is 168 Å². The fourth-order valence-corrected chi connectivity index (χ4v) is 3.05. The first-order chi connectivity index (χ1) is 14.0. The van der Waals surface area contributed by atoms with Gasteiger partial charge in [0.2, 0.25) is 5.91 Å². The second kappa shape index (κ2) is 9.14. The Kier molecular flexibility index (Phi) is 6.39. The molecular weight excluding hydrogens is 372 g/mol. The number of esters is 1. The number of nitrogens with zero attached hydrogens (tertiary/aromatic N) is 2. The zero-order chi connectivity index (χ0) is 20.8. The van der Waals surface area contributed by atoms with Crippen LogP contribution in [0.3, 0.4) is 0 Å². The Balaban J connectivity index is 1.42. The topological polar surface area (TPSA) is 84.0 Å². The van der Waals surface area contributed by atoms with Gasteiger partial charge in [-0.15, -0.1) is 0 Å². The van der Waals surface area contributed by atoms with Gasteiger partial charge in [-0.2, -0.15) is 0 Å². The lowest BCUT2D eigenvalue weighted by molar-refractivity contribution is -0.142. The Hall–Kier alpha value is -3.48. The normalized spacial score (nSPS) is 13.7. The zero-order valence-electron chi connectivity index (χ0n) is 16.2. The van der Waals surface area contributed by atoms with Crippen LogP contribution in [0.25, 0.3) is 11.1 Å². The number of carbonyl (C=O) groups excluding carboxylic acids is 4. The highest BCUT2D eigenvalue weighted by Crippen LogP contribution is 2.19. The molecule has 1 aliphatic heterocycles. The molecule has 0 aromatic heterocycles. The van der Waals surface area contributed by atoms with E-state index in [4.69, 9.17) is 4.74 Å². The van der Waals surface area contributed by atoms with Gasteiger partial charge in [0, 0.05) is 25.6 Å². The van der Waals surface area contributed by atoms with Gasteiger partial charge in [-0.3, -0.25) is 19.3 Å². The van der Waals surface area contributed by atoms with Gasteiger partial charge in [-0.05, 0) is 17.5 Å².